The summed E-state index contributed by atoms with van der Waals surface area (Å²) in [6.45, 7) is 3.81. The van der Waals surface area contributed by atoms with Crippen molar-refractivity contribution in [1.29, 1.82) is 0 Å². The van der Waals surface area contributed by atoms with Crippen molar-refractivity contribution in [2.45, 2.75) is 13.8 Å². The lowest BCUT2D eigenvalue weighted by Crippen LogP contribution is -2.16. The molecule has 0 atom stereocenters. The summed E-state index contributed by atoms with van der Waals surface area (Å²) >= 11 is 1.11. The SMILES string of the molecule is CCOC(=O)C=Cc1ccc(C(=O)C(=O)OCC)s1. The molecule has 0 aromatic carbocycles. The van der Waals surface area contributed by atoms with Gasteiger partial charge in [-0.2, -0.15) is 0 Å². The first kappa shape index (κ1) is 15.1. The first-order valence-electron chi connectivity index (χ1n) is 5.74. The Balaban J connectivity index is 2.69. The number of thiophene rings is 1. The van der Waals surface area contributed by atoms with Crippen molar-refractivity contribution >= 4 is 35.1 Å². The van der Waals surface area contributed by atoms with Crippen molar-refractivity contribution in [3.63, 3.8) is 0 Å². The molecule has 102 valence electrons. The van der Waals surface area contributed by atoms with Crippen molar-refractivity contribution in [3.8, 4) is 0 Å². The average Bonchev–Trinajstić information content (AvgIpc) is 2.85. The van der Waals surface area contributed by atoms with E-state index in [9.17, 15) is 14.4 Å². The first-order chi connectivity index (χ1) is 9.08. The molecule has 0 spiro atoms. The Morgan fingerprint density at radius 3 is 2.47 bits per heavy atom. The van der Waals surface area contributed by atoms with Crippen molar-refractivity contribution < 1.29 is 23.9 Å². The van der Waals surface area contributed by atoms with Crippen LogP contribution in [0.2, 0.25) is 0 Å². The van der Waals surface area contributed by atoms with E-state index in [1.807, 2.05) is 0 Å². The molecule has 0 saturated carbocycles. The van der Waals surface area contributed by atoms with Gasteiger partial charge in [0.1, 0.15) is 0 Å². The Hall–Kier alpha value is -1.95. The Labute approximate surface area is 114 Å². The third-order valence-electron chi connectivity index (χ3n) is 1.98. The van der Waals surface area contributed by atoms with Crippen LogP contribution >= 0.6 is 11.3 Å². The van der Waals surface area contributed by atoms with Gasteiger partial charge < -0.3 is 9.47 Å². The predicted octanol–water partition coefficient (Wildman–Crippen LogP) is 2.07. The van der Waals surface area contributed by atoms with Crippen LogP contribution in [0.3, 0.4) is 0 Å². The van der Waals surface area contributed by atoms with Crippen LogP contribution in [0.15, 0.2) is 18.2 Å². The molecule has 5 nitrogen and oxygen atoms in total. The molecule has 1 heterocycles. The highest BCUT2D eigenvalue weighted by Crippen LogP contribution is 2.19. The number of ether oxygens (including phenoxy) is 2. The standard InChI is InChI=1S/C13H14O5S/c1-3-17-11(14)8-6-9-5-7-10(19-9)12(15)13(16)18-4-2/h5-8H,3-4H2,1-2H3. The topological polar surface area (TPSA) is 69.7 Å². The smallest absolute Gasteiger partial charge is 0.380 e. The lowest BCUT2D eigenvalue weighted by Gasteiger charge is -1.97. The lowest BCUT2D eigenvalue weighted by atomic mass is 10.3. The molecule has 0 aliphatic rings. The maximum absolute atomic E-state index is 11.6. The van der Waals surface area contributed by atoms with E-state index >= 15 is 0 Å². The molecule has 0 fully saturated rings. The normalized spacial score (nSPS) is 10.4. The third kappa shape index (κ3) is 4.67. The van der Waals surface area contributed by atoms with Gasteiger partial charge in [-0.3, -0.25) is 4.79 Å². The highest BCUT2D eigenvalue weighted by Gasteiger charge is 2.18. The van der Waals surface area contributed by atoms with Gasteiger partial charge in [0.05, 0.1) is 18.1 Å². The number of esters is 2. The Kier molecular flexibility index (Phi) is 5.95. The first-order valence-corrected chi connectivity index (χ1v) is 6.56. The van der Waals surface area contributed by atoms with E-state index in [-0.39, 0.29) is 11.5 Å². The molecule has 0 aliphatic heterocycles. The van der Waals surface area contributed by atoms with E-state index in [0.29, 0.717) is 11.5 Å². The fourth-order valence-corrected chi connectivity index (χ4v) is 2.04. The van der Waals surface area contributed by atoms with Crippen LogP contribution in [0.4, 0.5) is 0 Å². The van der Waals surface area contributed by atoms with Gasteiger partial charge >= 0.3 is 11.9 Å². The maximum atomic E-state index is 11.6. The van der Waals surface area contributed by atoms with Crippen LogP contribution in [0.25, 0.3) is 6.08 Å². The molecule has 19 heavy (non-hydrogen) atoms. The molecule has 0 saturated heterocycles. The minimum absolute atomic E-state index is 0.158. The zero-order chi connectivity index (χ0) is 14.3. The molecule has 1 aromatic rings. The van der Waals surface area contributed by atoms with E-state index in [4.69, 9.17) is 4.74 Å². The van der Waals surface area contributed by atoms with Gasteiger partial charge in [0, 0.05) is 11.0 Å². The maximum Gasteiger partial charge on any atom is 0.380 e. The second kappa shape index (κ2) is 7.48. The molecule has 0 bridgehead atoms. The number of Topliss-reactive ketones (excluding diaryl/α,β-unsaturated/α-hetero) is 1. The fourth-order valence-electron chi connectivity index (χ4n) is 1.20. The zero-order valence-corrected chi connectivity index (χ0v) is 11.5. The van der Waals surface area contributed by atoms with E-state index in [1.54, 1.807) is 19.9 Å². The molecular weight excluding hydrogens is 268 g/mol. The summed E-state index contributed by atoms with van der Waals surface area (Å²) in [4.78, 5) is 34.9. The molecule has 6 heteroatoms. The summed E-state index contributed by atoms with van der Waals surface area (Å²) in [5.74, 6) is -2.00. The fraction of sp³-hybridized carbons (Fsp3) is 0.308. The predicted molar refractivity (Wildman–Crippen MR) is 70.9 cm³/mol. The third-order valence-corrected chi connectivity index (χ3v) is 3.03. The van der Waals surface area contributed by atoms with Crippen molar-refractivity contribution in [3.05, 3.63) is 28.0 Å². The van der Waals surface area contributed by atoms with Crippen molar-refractivity contribution in [1.82, 2.24) is 0 Å². The molecular formula is C13H14O5S. The molecule has 0 amide bonds. The molecule has 0 unspecified atom stereocenters. The minimum Gasteiger partial charge on any atom is -0.463 e. The molecule has 0 N–H and O–H groups in total. The van der Waals surface area contributed by atoms with E-state index in [2.05, 4.69) is 4.74 Å². The van der Waals surface area contributed by atoms with Gasteiger partial charge in [0.25, 0.3) is 5.78 Å². The summed E-state index contributed by atoms with van der Waals surface area (Å²) < 4.78 is 9.35. The molecule has 0 aliphatic carbocycles. The minimum atomic E-state index is -0.870. The largest absolute Gasteiger partial charge is 0.463 e. The summed E-state index contributed by atoms with van der Waals surface area (Å²) in [7, 11) is 0. The zero-order valence-electron chi connectivity index (χ0n) is 10.7. The molecule has 1 aromatic heterocycles. The van der Waals surface area contributed by atoms with E-state index < -0.39 is 17.7 Å². The Morgan fingerprint density at radius 2 is 1.84 bits per heavy atom. The number of rotatable bonds is 6. The van der Waals surface area contributed by atoms with Crippen LogP contribution in [0.5, 0.6) is 0 Å². The van der Waals surface area contributed by atoms with Crippen molar-refractivity contribution in [2.24, 2.45) is 0 Å². The van der Waals surface area contributed by atoms with Crippen LogP contribution in [0, 0.1) is 0 Å². The van der Waals surface area contributed by atoms with Gasteiger partial charge in [-0.25, -0.2) is 9.59 Å². The number of hydrogen-bond donors (Lipinski definition) is 0. The van der Waals surface area contributed by atoms with Crippen LogP contribution in [-0.4, -0.2) is 30.9 Å². The van der Waals surface area contributed by atoms with Gasteiger partial charge in [-0.15, -0.1) is 11.3 Å². The van der Waals surface area contributed by atoms with E-state index in [0.717, 1.165) is 11.3 Å². The average molecular weight is 282 g/mol. The summed E-state index contributed by atoms with van der Waals surface area (Å²) in [6, 6.07) is 3.17. The highest BCUT2D eigenvalue weighted by molar-refractivity contribution is 7.15. The number of ketones is 1. The number of carbonyl (C=O) groups excluding carboxylic acids is 3. The summed E-state index contributed by atoms with van der Waals surface area (Å²) in [5.41, 5.74) is 0. The van der Waals surface area contributed by atoms with Gasteiger partial charge in [-0.1, -0.05) is 0 Å². The second-order valence-corrected chi connectivity index (χ2v) is 4.45. The second-order valence-electron chi connectivity index (χ2n) is 3.34. The highest BCUT2D eigenvalue weighted by atomic mass is 32.1. The summed E-state index contributed by atoms with van der Waals surface area (Å²) in [6.07, 6.45) is 2.80. The number of carbonyl (C=O) groups is 3. The van der Waals surface area contributed by atoms with Gasteiger partial charge in [0.2, 0.25) is 0 Å². The van der Waals surface area contributed by atoms with Crippen LogP contribution in [0.1, 0.15) is 28.4 Å². The Bertz CT molecular complexity index is 501. The van der Waals surface area contributed by atoms with Gasteiger partial charge in [0.15, 0.2) is 0 Å². The lowest BCUT2D eigenvalue weighted by molar-refractivity contribution is -0.138. The summed E-state index contributed by atoms with van der Waals surface area (Å²) in [5, 5.41) is 0. The van der Waals surface area contributed by atoms with Gasteiger partial charge in [-0.05, 0) is 32.1 Å². The quantitative estimate of drug-likeness (QED) is 0.346. The van der Waals surface area contributed by atoms with Crippen LogP contribution < -0.4 is 0 Å². The van der Waals surface area contributed by atoms with E-state index in [1.165, 1.54) is 18.2 Å². The molecule has 1 rings (SSSR count). The van der Waals surface area contributed by atoms with Crippen molar-refractivity contribution in [2.75, 3.05) is 13.2 Å². The molecule has 0 radical (unpaired) electrons. The monoisotopic (exact) mass is 282 g/mol. The Morgan fingerprint density at radius 1 is 1.16 bits per heavy atom. The van der Waals surface area contributed by atoms with Crippen LogP contribution in [-0.2, 0) is 19.1 Å². The number of hydrogen-bond acceptors (Lipinski definition) is 6.